The smallest absolute Gasteiger partial charge is 0.179 e. The van der Waals surface area contributed by atoms with Crippen molar-refractivity contribution in [2.45, 2.75) is 12.3 Å². The van der Waals surface area contributed by atoms with Crippen LogP contribution in [0.15, 0.2) is 72.9 Å². The number of nitrogens with zero attached hydrogens (tertiary/aromatic N) is 5. The van der Waals surface area contributed by atoms with E-state index in [0.29, 0.717) is 17.7 Å². The Kier molecular flexibility index (Phi) is 4.71. The first-order valence-electron chi connectivity index (χ1n) is 9.76. The van der Waals surface area contributed by atoms with Crippen LogP contribution in [0.5, 0.6) is 0 Å². The minimum Gasteiger partial charge on any atom is -0.256 e. The van der Waals surface area contributed by atoms with Crippen molar-refractivity contribution in [3.05, 3.63) is 84.1 Å². The molecule has 0 atom stereocenters. The molecule has 7 nitrogen and oxygen atoms in total. The summed E-state index contributed by atoms with van der Waals surface area (Å²) < 4.78 is 25.1. The van der Waals surface area contributed by atoms with Crippen LogP contribution in [-0.2, 0) is 22.1 Å². The minimum absolute atomic E-state index is 0.000602. The van der Waals surface area contributed by atoms with Crippen LogP contribution < -0.4 is 0 Å². The molecule has 5 aromatic rings. The third-order valence-electron chi connectivity index (χ3n) is 5.01. The Bertz CT molecular complexity index is 1530. The zero-order chi connectivity index (χ0) is 21.4. The molecule has 0 saturated carbocycles. The fraction of sp³-hybridized carbons (Fsp3) is 0.130. The Balaban J connectivity index is 1.50. The fourth-order valence-corrected chi connectivity index (χ4v) is 4.43. The lowest BCUT2D eigenvalue weighted by Crippen LogP contribution is -2.03. The molecule has 2 aromatic carbocycles. The Morgan fingerprint density at radius 1 is 0.903 bits per heavy atom. The van der Waals surface area contributed by atoms with Gasteiger partial charge in [0.2, 0.25) is 0 Å². The second kappa shape index (κ2) is 7.55. The van der Waals surface area contributed by atoms with Gasteiger partial charge in [0, 0.05) is 23.4 Å². The molecule has 3 aromatic heterocycles. The van der Waals surface area contributed by atoms with Crippen LogP contribution in [0.2, 0.25) is 0 Å². The van der Waals surface area contributed by atoms with E-state index in [0.717, 1.165) is 33.3 Å². The van der Waals surface area contributed by atoms with Crippen LogP contribution in [0.1, 0.15) is 11.1 Å². The Morgan fingerprint density at radius 2 is 1.77 bits per heavy atom. The van der Waals surface area contributed by atoms with Crippen molar-refractivity contribution in [1.29, 1.82) is 0 Å². The third-order valence-corrected chi connectivity index (χ3v) is 5.87. The molecule has 31 heavy (non-hydrogen) atoms. The Hall–Kier alpha value is -3.65. The second-order valence-electron chi connectivity index (χ2n) is 7.59. The van der Waals surface area contributed by atoms with Gasteiger partial charge in [-0.1, -0.05) is 35.5 Å². The molecule has 8 heteroatoms. The normalized spacial score (nSPS) is 11.9. The summed E-state index contributed by atoms with van der Waals surface area (Å²) in [5.74, 6) is -0.000602. The second-order valence-corrected chi connectivity index (χ2v) is 9.73. The summed E-state index contributed by atoms with van der Waals surface area (Å²) in [5.41, 5.74) is 5.74. The van der Waals surface area contributed by atoms with Crippen molar-refractivity contribution in [2.75, 3.05) is 6.26 Å². The van der Waals surface area contributed by atoms with Gasteiger partial charge in [-0.2, -0.15) is 0 Å². The van der Waals surface area contributed by atoms with Gasteiger partial charge >= 0.3 is 0 Å². The highest BCUT2D eigenvalue weighted by molar-refractivity contribution is 7.89. The van der Waals surface area contributed by atoms with Gasteiger partial charge in [0.1, 0.15) is 5.52 Å². The van der Waals surface area contributed by atoms with Crippen LogP contribution >= 0.6 is 0 Å². The predicted molar refractivity (Wildman–Crippen MR) is 120 cm³/mol. The lowest BCUT2D eigenvalue weighted by atomic mass is 10.1. The van der Waals surface area contributed by atoms with Crippen LogP contribution in [0.3, 0.4) is 0 Å². The van der Waals surface area contributed by atoms with Crippen molar-refractivity contribution in [3.8, 4) is 11.3 Å². The van der Waals surface area contributed by atoms with Crippen LogP contribution in [0, 0.1) is 0 Å². The quantitative estimate of drug-likeness (QED) is 0.424. The summed E-state index contributed by atoms with van der Waals surface area (Å²) in [5, 5.41) is 9.59. The lowest BCUT2D eigenvalue weighted by Gasteiger charge is -2.07. The minimum atomic E-state index is -3.11. The maximum absolute atomic E-state index is 11.6. The predicted octanol–water partition coefficient (Wildman–Crippen LogP) is 3.63. The summed E-state index contributed by atoms with van der Waals surface area (Å²) >= 11 is 0. The van der Waals surface area contributed by atoms with Gasteiger partial charge in [-0.05, 0) is 47.5 Å². The molecule has 0 fully saturated rings. The van der Waals surface area contributed by atoms with Gasteiger partial charge in [-0.3, -0.25) is 4.98 Å². The average Bonchev–Trinajstić information content (AvgIpc) is 3.14. The fourth-order valence-electron chi connectivity index (χ4n) is 3.64. The standard InChI is InChI=1S/C23H19N5O2S/c1-31(29,30)15-17-4-2-5-19(13-17)21-9-10-22-23(25-21)28(27-26-22)14-16-7-8-20-18(12-16)6-3-11-24-20/h2-13H,14-15H2,1H3. The summed E-state index contributed by atoms with van der Waals surface area (Å²) in [6.07, 6.45) is 3.01. The van der Waals surface area contributed by atoms with Crippen molar-refractivity contribution in [3.63, 3.8) is 0 Å². The molecule has 0 spiro atoms. The summed E-state index contributed by atoms with van der Waals surface area (Å²) in [4.78, 5) is 9.14. The first-order valence-corrected chi connectivity index (χ1v) is 11.8. The maximum Gasteiger partial charge on any atom is 0.179 e. The van der Waals surface area contributed by atoms with Gasteiger partial charge in [0.15, 0.2) is 15.5 Å². The summed E-state index contributed by atoms with van der Waals surface area (Å²) in [7, 11) is -3.11. The lowest BCUT2D eigenvalue weighted by molar-refractivity contribution is 0.601. The van der Waals surface area contributed by atoms with Gasteiger partial charge in [0.25, 0.3) is 0 Å². The zero-order valence-electron chi connectivity index (χ0n) is 16.8. The van der Waals surface area contributed by atoms with E-state index in [1.807, 2.05) is 60.7 Å². The molecule has 0 aliphatic rings. The number of hydrogen-bond donors (Lipinski definition) is 0. The van der Waals surface area contributed by atoms with E-state index < -0.39 is 9.84 Å². The molecule has 0 bridgehead atoms. The molecule has 5 rings (SSSR count). The topological polar surface area (TPSA) is 90.6 Å². The van der Waals surface area contributed by atoms with E-state index in [4.69, 9.17) is 4.98 Å². The molecule has 154 valence electrons. The Morgan fingerprint density at radius 3 is 2.65 bits per heavy atom. The maximum atomic E-state index is 11.6. The van der Waals surface area contributed by atoms with E-state index in [2.05, 4.69) is 21.4 Å². The number of benzene rings is 2. The van der Waals surface area contributed by atoms with Crippen molar-refractivity contribution < 1.29 is 8.42 Å². The van der Waals surface area contributed by atoms with Crippen molar-refractivity contribution in [2.24, 2.45) is 0 Å². The zero-order valence-corrected chi connectivity index (χ0v) is 17.6. The number of sulfone groups is 1. The van der Waals surface area contributed by atoms with Crippen molar-refractivity contribution >= 4 is 31.9 Å². The molecule has 0 unspecified atom stereocenters. The van der Waals surface area contributed by atoms with Crippen LogP contribution in [-0.4, -0.2) is 39.6 Å². The number of pyridine rings is 2. The number of aromatic nitrogens is 5. The number of fused-ring (bicyclic) bond motifs is 2. The highest BCUT2D eigenvalue weighted by atomic mass is 32.2. The van der Waals surface area contributed by atoms with Gasteiger partial charge in [0.05, 0.1) is 23.5 Å². The number of rotatable bonds is 5. The van der Waals surface area contributed by atoms with Crippen molar-refractivity contribution in [1.82, 2.24) is 25.0 Å². The molecule has 0 N–H and O–H groups in total. The molecule has 0 aliphatic carbocycles. The molecule has 0 radical (unpaired) electrons. The number of hydrogen-bond acceptors (Lipinski definition) is 6. The first-order chi connectivity index (χ1) is 14.9. The van der Waals surface area contributed by atoms with E-state index in [1.54, 1.807) is 10.9 Å². The molecule has 0 aliphatic heterocycles. The highest BCUT2D eigenvalue weighted by Gasteiger charge is 2.11. The highest BCUT2D eigenvalue weighted by Crippen LogP contribution is 2.23. The van der Waals surface area contributed by atoms with E-state index >= 15 is 0 Å². The van der Waals surface area contributed by atoms with Crippen LogP contribution in [0.4, 0.5) is 0 Å². The SMILES string of the molecule is CS(=O)(=O)Cc1cccc(-c2ccc3nnn(Cc4ccc5ncccc5c4)c3n2)c1. The first kappa shape index (κ1) is 19.3. The molecular weight excluding hydrogens is 410 g/mol. The summed E-state index contributed by atoms with van der Waals surface area (Å²) in [6, 6.07) is 21.3. The average molecular weight is 430 g/mol. The molecule has 0 saturated heterocycles. The van der Waals surface area contributed by atoms with E-state index in [9.17, 15) is 8.42 Å². The monoisotopic (exact) mass is 429 g/mol. The van der Waals surface area contributed by atoms with Gasteiger partial charge in [-0.15, -0.1) is 5.10 Å². The molecule has 0 amide bonds. The molecular formula is C23H19N5O2S. The van der Waals surface area contributed by atoms with Gasteiger partial charge < -0.3 is 0 Å². The summed E-state index contributed by atoms with van der Waals surface area (Å²) in [6.45, 7) is 0.534. The van der Waals surface area contributed by atoms with Crippen LogP contribution in [0.25, 0.3) is 33.3 Å². The molecule has 3 heterocycles. The third kappa shape index (κ3) is 4.15. The largest absolute Gasteiger partial charge is 0.256 e. The Labute approximate surface area is 179 Å². The van der Waals surface area contributed by atoms with E-state index in [-0.39, 0.29) is 5.75 Å². The van der Waals surface area contributed by atoms with E-state index in [1.165, 1.54) is 6.26 Å². The van der Waals surface area contributed by atoms with Gasteiger partial charge in [-0.25, -0.2) is 18.1 Å².